The number of benzene rings is 3. The first kappa shape index (κ1) is 20.0. The Kier molecular flexibility index (Phi) is 6.62. The highest BCUT2D eigenvalue weighted by molar-refractivity contribution is 7.98. The highest BCUT2D eigenvalue weighted by Crippen LogP contribution is 2.30. The number of amides is 1. The van der Waals surface area contributed by atoms with Gasteiger partial charge in [-0.1, -0.05) is 72.8 Å². The fraction of sp³-hybridized carbons (Fsp3) is 0.120. The van der Waals surface area contributed by atoms with Gasteiger partial charge in [-0.2, -0.15) is 0 Å². The molecule has 0 bridgehead atoms. The topological polar surface area (TPSA) is 55.1 Å². The summed E-state index contributed by atoms with van der Waals surface area (Å²) in [7, 11) is 0. The number of nitrogens with one attached hydrogen (secondary N) is 1. The van der Waals surface area contributed by atoms with E-state index >= 15 is 0 Å². The van der Waals surface area contributed by atoms with Crippen LogP contribution in [0.5, 0.6) is 0 Å². The molecule has 0 aliphatic carbocycles. The van der Waals surface area contributed by atoms with Gasteiger partial charge in [0.1, 0.15) is 0 Å². The number of aromatic nitrogens is 1. The zero-order chi connectivity index (χ0) is 20.6. The molecule has 0 aliphatic rings. The number of carbonyl (C=O) groups is 1. The predicted molar refractivity (Wildman–Crippen MR) is 121 cm³/mol. The molecule has 0 spiro atoms. The molecule has 0 saturated heterocycles. The van der Waals surface area contributed by atoms with Crippen molar-refractivity contribution >= 4 is 23.4 Å². The SMILES string of the molecule is O=C(CCc1ncc(-c2ccccc2)o1)Nc1ccccc1SCc1ccccc1. The van der Waals surface area contributed by atoms with E-state index in [0.717, 1.165) is 21.9 Å². The van der Waals surface area contributed by atoms with Crippen LogP contribution < -0.4 is 5.32 Å². The van der Waals surface area contributed by atoms with Crippen LogP contribution in [0, 0.1) is 0 Å². The first-order valence-corrected chi connectivity index (χ1v) is 10.8. The van der Waals surface area contributed by atoms with Gasteiger partial charge in [0.25, 0.3) is 0 Å². The molecule has 4 rings (SSSR count). The first-order valence-electron chi connectivity index (χ1n) is 9.84. The van der Waals surface area contributed by atoms with E-state index in [9.17, 15) is 4.79 Å². The van der Waals surface area contributed by atoms with E-state index in [2.05, 4.69) is 22.4 Å². The molecule has 4 nitrogen and oxygen atoms in total. The number of anilines is 1. The van der Waals surface area contributed by atoms with E-state index in [1.54, 1.807) is 18.0 Å². The van der Waals surface area contributed by atoms with Gasteiger partial charge in [0.2, 0.25) is 5.91 Å². The Bertz CT molecular complexity index is 1090. The summed E-state index contributed by atoms with van der Waals surface area (Å²) < 4.78 is 5.79. The molecule has 4 aromatic rings. The molecule has 1 aromatic heterocycles. The number of aryl methyl sites for hydroxylation is 1. The first-order chi connectivity index (χ1) is 14.8. The van der Waals surface area contributed by atoms with Crippen molar-refractivity contribution in [2.24, 2.45) is 0 Å². The van der Waals surface area contributed by atoms with Crippen LogP contribution in [0.15, 0.2) is 100 Å². The van der Waals surface area contributed by atoms with Crippen LogP contribution in [0.1, 0.15) is 17.9 Å². The third-order valence-electron chi connectivity index (χ3n) is 4.58. The lowest BCUT2D eigenvalue weighted by Gasteiger charge is -2.10. The molecule has 30 heavy (non-hydrogen) atoms. The lowest BCUT2D eigenvalue weighted by Crippen LogP contribution is -2.13. The average molecular weight is 415 g/mol. The van der Waals surface area contributed by atoms with Gasteiger partial charge < -0.3 is 9.73 Å². The second-order valence-corrected chi connectivity index (χ2v) is 7.82. The van der Waals surface area contributed by atoms with Gasteiger partial charge in [-0.3, -0.25) is 4.79 Å². The fourth-order valence-corrected chi connectivity index (χ4v) is 3.99. The van der Waals surface area contributed by atoms with Crippen LogP contribution in [0.2, 0.25) is 0 Å². The third-order valence-corrected chi connectivity index (χ3v) is 5.72. The summed E-state index contributed by atoms with van der Waals surface area (Å²) in [4.78, 5) is 17.9. The summed E-state index contributed by atoms with van der Waals surface area (Å²) in [5.41, 5.74) is 3.06. The number of nitrogens with zero attached hydrogens (tertiary/aromatic N) is 1. The van der Waals surface area contributed by atoms with Crippen LogP contribution in [-0.2, 0) is 17.0 Å². The van der Waals surface area contributed by atoms with Crippen LogP contribution in [0.4, 0.5) is 5.69 Å². The van der Waals surface area contributed by atoms with Gasteiger partial charge in [-0.15, -0.1) is 11.8 Å². The van der Waals surface area contributed by atoms with Crippen molar-refractivity contribution in [2.45, 2.75) is 23.5 Å². The van der Waals surface area contributed by atoms with Gasteiger partial charge in [0, 0.05) is 29.1 Å². The number of hydrogen-bond donors (Lipinski definition) is 1. The van der Waals surface area contributed by atoms with Gasteiger partial charge in [-0.25, -0.2) is 4.98 Å². The summed E-state index contributed by atoms with van der Waals surface area (Å²) in [6, 6.07) is 28.0. The zero-order valence-electron chi connectivity index (χ0n) is 16.5. The Labute approximate surface area is 180 Å². The van der Waals surface area contributed by atoms with Gasteiger partial charge in [-0.05, 0) is 17.7 Å². The molecule has 0 fully saturated rings. The Hall–Kier alpha value is -3.31. The molecule has 0 atom stereocenters. The number of para-hydroxylation sites is 1. The van der Waals surface area contributed by atoms with E-state index in [1.165, 1.54) is 5.56 Å². The van der Waals surface area contributed by atoms with Crippen molar-refractivity contribution in [3.63, 3.8) is 0 Å². The van der Waals surface area contributed by atoms with Crippen LogP contribution >= 0.6 is 11.8 Å². The number of carbonyl (C=O) groups excluding carboxylic acids is 1. The summed E-state index contributed by atoms with van der Waals surface area (Å²) >= 11 is 1.71. The second-order valence-electron chi connectivity index (χ2n) is 6.80. The van der Waals surface area contributed by atoms with Crippen molar-refractivity contribution in [1.82, 2.24) is 4.98 Å². The van der Waals surface area contributed by atoms with Crippen molar-refractivity contribution in [3.8, 4) is 11.3 Å². The van der Waals surface area contributed by atoms with E-state index in [-0.39, 0.29) is 5.91 Å². The Morgan fingerprint density at radius 2 is 1.60 bits per heavy atom. The lowest BCUT2D eigenvalue weighted by molar-refractivity contribution is -0.116. The number of oxazole rings is 1. The quantitative estimate of drug-likeness (QED) is 0.349. The molecular weight excluding hydrogens is 392 g/mol. The highest BCUT2D eigenvalue weighted by atomic mass is 32.2. The Morgan fingerprint density at radius 1 is 0.900 bits per heavy atom. The third kappa shape index (κ3) is 5.39. The molecule has 0 aliphatic heterocycles. The van der Waals surface area contributed by atoms with Gasteiger partial charge in [0.05, 0.1) is 11.9 Å². The molecule has 0 unspecified atom stereocenters. The number of thioether (sulfide) groups is 1. The van der Waals surface area contributed by atoms with Crippen molar-refractivity contribution in [3.05, 3.63) is 103 Å². The molecule has 1 heterocycles. The van der Waals surface area contributed by atoms with Crippen LogP contribution in [0.3, 0.4) is 0 Å². The Balaban J connectivity index is 1.33. The summed E-state index contributed by atoms with van der Waals surface area (Å²) in [5, 5.41) is 3.03. The molecule has 150 valence electrons. The molecule has 1 amide bonds. The smallest absolute Gasteiger partial charge is 0.224 e. The molecule has 0 radical (unpaired) electrons. The zero-order valence-corrected chi connectivity index (χ0v) is 17.3. The number of rotatable bonds is 8. The minimum Gasteiger partial charge on any atom is -0.441 e. The minimum absolute atomic E-state index is 0.0535. The average Bonchev–Trinajstić information content (AvgIpc) is 3.28. The van der Waals surface area contributed by atoms with E-state index < -0.39 is 0 Å². The minimum atomic E-state index is -0.0535. The van der Waals surface area contributed by atoms with Crippen molar-refractivity contribution in [2.75, 3.05) is 5.32 Å². The highest BCUT2D eigenvalue weighted by Gasteiger charge is 2.11. The number of hydrogen-bond acceptors (Lipinski definition) is 4. The maximum absolute atomic E-state index is 12.5. The fourth-order valence-electron chi connectivity index (χ4n) is 3.03. The maximum Gasteiger partial charge on any atom is 0.224 e. The van der Waals surface area contributed by atoms with Crippen LogP contribution in [-0.4, -0.2) is 10.9 Å². The largest absolute Gasteiger partial charge is 0.441 e. The summed E-state index contributed by atoms with van der Waals surface area (Å²) in [6.07, 6.45) is 2.47. The van der Waals surface area contributed by atoms with Gasteiger partial charge >= 0.3 is 0 Å². The van der Waals surface area contributed by atoms with Gasteiger partial charge in [0.15, 0.2) is 11.7 Å². The Morgan fingerprint density at radius 3 is 2.40 bits per heavy atom. The normalized spacial score (nSPS) is 10.7. The molecule has 0 saturated carbocycles. The standard InChI is InChI=1S/C25H22N2O2S/c28-24(15-16-25-26-17-22(29-25)20-11-5-2-6-12-20)27-21-13-7-8-14-23(21)30-18-19-9-3-1-4-10-19/h1-14,17H,15-16,18H2,(H,27,28). The van der Waals surface area contributed by atoms with E-state index in [1.807, 2.05) is 72.8 Å². The van der Waals surface area contributed by atoms with Crippen LogP contribution in [0.25, 0.3) is 11.3 Å². The molecule has 5 heteroatoms. The molecular formula is C25H22N2O2S. The monoisotopic (exact) mass is 414 g/mol. The summed E-state index contributed by atoms with van der Waals surface area (Å²) in [5.74, 6) is 2.08. The second kappa shape index (κ2) is 9.94. The van der Waals surface area contributed by atoms with E-state index in [4.69, 9.17) is 4.42 Å². The predicted octanol–water partition coefficient (Wildman–Crippen LogP) is 6.21. The molecule has 1 N–H and O–H groups in total. The summed E-state index contributed by atoms with van der Waals surface area (Å²) in [6.45, 7) is 0. The van der Waals surface area contributed by atoms with E-state index in [0.29, 0.717) is 24.5 Å². The maximum atomic E-state index is 12.5. The van der Waals surface area contributed by atoms with Crippen molar-refractivity contribution < 1.29 is 9.21 Å². The lowest BCUT2D eigenvalue weighted by atomic mass is 10.2. The van der Waals surface area contributed by atoms with Crippen molar-refractivity contribution in [1.29, 1.82) is 0 Å². The molecule has 3 aromatic carbocycles.